The van der Waals surface area contributed by atoms with E-state index in [1.807, 2.05) is 0 Å². The van der Waals surface area contributed by atoms with E-state index in [1.54, 1.807) is 66.6 Å². The average Bonchev–Trinajstić information content (AvgIpc) is 2.84. The van der Waals surface area contributed by atoms with Gasteiger partial charge >= 0.3 is 0 Å². The molecule has 0 spiro atoms. The second-order valence-corrected chi connectivity index (χ2v) is 8.35. The molecule has 3 aromatic carbocycles. The Kier molecular flexibility index (Phi) is 7.03. The minimum atomic E-state index is -0.621. The Hall–Kier alpha value is -3.58. The number of rotatable bonds is 6. The molecule has 8 heteroatoms. The number of hydrogen-bond donors (Lipinski definition) is 1. The van der Waals surface area contributed by atoms with Crippen LogP contribution in [0.25, 0.3) is 0 Å². The Balaban J connectivity index is 1.70. The fraction of sp³-hybridized carbons (Fsp3) is 0.231. The number of amides is 2. The molecular formula is C26H24ClFN2O4. The van der Waals surface area contributed by atoms with Gasteiger partial charge < -0.3 is 19.7 Å². The van der Waals surface area contributed by atoms with Gasteiger partial charge in [0, 0.05) is 17.8 Å². The molecule has 1 saturated heterocycles. The monoisotopic (exact) mass is 482 g/mol. The third kappa shape index (κ3) is 4.84. The molecule has 1 aliphatic heterocycles. The molecule has 176 valence electrons. The van der Waals surface area contributed by atoms with Crippen LogP contribution in [0.4, 0.5) is 15.8 Å². The standard InChI is InChI=1S/C26H24ClFN2O4/c1-33-20-10-8-19(9-11-20)30-24(31)14-12-21(25(30)16-3-5-17(28)6-4-16)26(32)29-18-7-13-23(34-2)22(27)15-18/h3-11,13,15,21,25H,12,14H2,1-2H3,(H,29,32)/t21-,25+/m1/s1. The number of anilines is 2. The minimum Gasteiger partial charge on any atom is -0.497 e. The van der Waals surface area contributed by atoms with Gasteiger partial charge in [0.05, 0.1) is 31.2 Å². The van der Waals surface area contributed by atoms with E-state index in [2.05, 4.69) is 5.32 Å². The summed E-state index contributed by atoms with van der Waals surface area (Å²) in [5, 5.41) is 3.28. The van der Waals surface area contributed by atoms with Crippen molar-refractivity contribution in [3.8, 4) is 11.5 Å². The van der Waals surface area contributed by atoms with Crippen molar-refractivity contribution in [2.45, 2.75) is 18.9 Å². The zero-order valence-corrected chi connectivity index (χ0v) is 19.5. The zero-order chi connectivity index (χ0) is 24.2. The lowest BCUT2D eigenvalue weighted by Gasteiger charge is -2.41. The van der Waals surface area contributed by atoms with Gasteiger partial charge in [0.15, 0.2) is 0 Å². The van der Waals surface area contributed by atoms with Crippen molar-refractivity contribution < 1.29 is 23.5 Å². The molecule has 0 aliphatic carbocycles. The number of methoxy groups -OCH3 is 2. The molecule has 3 aromatic rings. The van der Waals surface area contributed by atoms with Gasteiger partial charge in [-0.2, -0.15) is 0 Å². The summed E-state index contributed by atoms with van der Waals surface area (Å²) in [5.41, 5.74) is 1.81. The molecule has 1 fully saturated rings. The van der Waals surface area contributed by atoms with Crippen molar-refractivity contribution in [1.82, 2.24) is 0 Å². The van der Waals surface area contributed by atoms with E-state index in [4.69, 9.17) is 21.1 Å². The molecule has 34 heavy (non-hydrogen) atoms. The van der Waals surface area contributed by atoms with Crippen LogP contribution in [0.1, 0.15) is 24.4 Å². The molecule has 0 unspecified atom stereocenters. The smallest absolute Gasteiger partial charge is 0.229 e. The average molecular weight is 483 g/mol. The Morgan fingerprint density at radius 2 is 1.74 bits per heavy atom. The highest BCUT2D eigenvalue weighted by Gasteiger charge is 2.41. The first-order chi connectivity index (χ1) is 16.4. The molecule has 1 N–H and O–H groups in total. The number of ether oxygens (including phenoxy) is 2. The number of nitrogens with one attached hydrogen (secondary N) is 1. The van der Waals surface area contributed by atoms with Crippen molar-refractivity contribution in [2.75, 3.05) is 24.4 Å². The van der Waals surface area contributed by atoms with E-state index in [0.717, 1.165) is 0 Å². The summed E-state index contributed by atoms with van der Waals surface area (Å²) in [7, 11) is 3.08. The summed E-state index contributed by atoms with van der Waals surface area (Å²) in [5.74, 6) is -0.200. The predicted octanol–water partition coefficient (Wildman–Crippen LogP) is 5.62. The number of carbonyl (C=O) groups is 2. The van der Waals surface area contributed by atoms with E-state index in [1.165, 1.54) is 19.2 Å². The van der Waals surface area contributed by atoms with Gasteiger partial charge in [-0.1, -0.05) is 23.7 Å². The molecule has 0 saturated carbocycles. The maximum absolute atomic E-state index is 13.7. The van der Waals surface area contributed by atoms with Gasteiger partial charge in [0.1, 0.15) is 17.3 Å². The summed E-state index contributed by atoms with van der Waals surface area (Å²) in [6.07, 6.45) is 0.550. The topological polar surface area (TPSA) is 67.9 Å². The largest absolute Gasteiger partial charge is 0.497 e. The Morgan fingerprint density at radius 3 is 2.35 bits per heavy atom. The number of hydrogen-bond acceptors (Lipinski definition) is 4. The van der Waals surface area contributed by atoms with Crippen LogP contribution in [0.15, 0.2) is 66.7 Å². The summed E-state index contributed by atoms with van der Waals surface area (Å²) in [6, 6.07) is 17.3. The number of carbonyl (C=O) groups excluding carboxylic acids is 2. The van der Waals surface area contributed by atoms with Crippen molar-refractivity contribution >= 4 is 34.8 Å². The van der Waals surface area contributed by atoms with E-state index in [0.29, 0.717) is 39.9 Å². The van der Waals surface area contributed by atoms with Crippen molar-refractivity contribution in [3.05, 3.63) is 83.1 Å². The van der Waals surface area contributed by atoms with Crippen LogP contribution >= 0.6 is 11.6 Å². The van der Waals surface area contributed by atoms with Gasteiger partial charge in [-0.25, -0.2) is 4.39 Å². The van der Waals surface area contributed by atoms with Crippen LogP contribution in [-0.4, -0.2) is 26.0 Å². The fourth-order valence-electron chi connectivity index (χ4n) is 4.23. The highest BCUT2D eigenvalue weighted by molar-refractivity contribution is 6.32. The molecule has 1 heterocycles. The lowest BCUT2D eigenvalue weighted by molar-refractivity contribution is -0.125. The molecule has 4 rings (SSSR count). The molecule has 2 atom stereocenters. The molecule has 2 amide bonds. The van der Waals surface area contributed by atoms with Crippen LogP contribution in [0, 0.1) is 11.7 Å². The van der Waals surface area contributed by atoms with Crippen LogP contribution < -0.4 is 19.7 Å². The maximum atomic E-state index is 13.7. The predicted molar refractivity (Wildman–Crippen MR) is 129 cm³/mol. The Labute approximate surface area is 202 Å². The van der Waals surface area contributed by atoms with Crippen molar-refractivity contribution in [2.24, 2.45) is 5.92 Å². The van der Waals surface area contributed by atoms with Crippen molar-refractivity contribution in [3.63, 3.8) is 0 Å². The molecule has 0 bridgehead atoms. The number of halogens is 2. The first-order valence-electron chi connectivity index (χ1n) is 10.8. The van der Waals surface area contributed by atoms with Gasteiger partial charge in [0.2, 0.25) is 11.8 Å². The summed E-state index contributed by atoms with van der Waals surface area (Å²) < 4.78 is 24.1. The molecule has 0 radical (unpaired) electrons. The summed E-state index contributed by atoms with van der Waals surface area (Å²) in [4.78, 5) is 28.2. The highest BCUT2D eigenvalue weighted by atomic mass is 35.5. The SMILES string of the molecule is COc1ccc(N2C(=O)CC[C@@H](C(=O)Nc3ccc(OC)c(Cl)c3)[C@@H]2c2ccc(F)cc2)cc1. The normalized spacial score (nSPS) is 17.9. The quantitative estimate of drug-likeness (QED) is 0.495. The zero-order valence-electron chi connectivity index (χ0n) is 18.8. The van der Waals surface area contributed by atoms with Gasteiger partial charge in [-0.15, -0.1) is 0 Å². The molecule has 1 aliphatic rings. The Morgan fingerprint density at radius 1 is 1.03 bits per heavy atom. The van der Waals surface area contributed by atoms with Crippen LogP contribution in [0.2, 0.25) is 5.02 Å². The lowest BCUT2D eigenvalue weighted by atomic mass is 9.83. The van der Waals surface area contributed by atoms with Gasteiger partial charge in [-0.05, 0) is 66.6 Å². The van der Waals surface area contributed by atoms with E-state index < -0.39 is 17.8 Å². The van der Waals surface area contributed by atoms with E-state index in [9.17, 15) is 14.0 Å². The van der Waals surface area contributed by atoms with Crippen molar-refractivity contribution in [1.29, 1.82) is 0 Å². The first kappa shape index (κ1) is 23.6. The van der Waals surface area contributed by atoms with E-state index >= 15 is 0 Å². The first-order valence-corrected chi connectivity index (χ1v) is 11.1. The van der Waals surface area contributed by atoms with Crippen LogP contribution in [0.3, 0.4) is 0 Å². The Bertz CT molecular complexity index is 1180. The fourth-order valence-corrected chi connectivity index (χ4v) is 4.49. The summed E-state index contributed by atoms with van der Waals surface area (Å²) in [6.45, 7) is 0. The molecular weight excluding hydrogens is 459 g/mol. The summed E-state index contributed by atoms with van der Waals surface area (Å²) >= 11 is 6.21. The molecule has 0 aromatic heterocycles. The highest BCUT2D eigenvalue weighted by Crippen LogP contribution is 2.41. The third-order valence-electron chi connectivity index (χ3n) is 5.92. The van der Waals surface area contributed by atoms with Gasteiger partial charge in [0.25, 0.3) is 0 Å². The second kappa shape index (κ2) is 10.1. The van der Waals surface area contributed by atoms with Crippen LogP contribution in [-0.2, 0) is 9.59 Å². The maximum Gasteiger partial charge on any atom is 0.229 e. The third-order valence-corrected chi connectivity index (χ3v) is 6.21. The number of nitrogens with zero attached hydrogens (tertiary/aromatic N) is 1. The van der Waals surface area contributed by atoms with Gasteiger partial charge in [-0.3, -0.25) is 9.59 Å². The number of benzene rings is 3. The van der Waals surface area contributed by atoms with E-state index in [-0.39, 0.29) is 18.2 Å². The molecule has 6 nitrogen and oxygen atoms in total. The lowest BCUT2D eigenvalue weighted by Crippen LogP contribution is -2.47. The minimum absolute atomic E-state index is 0.115. The van der Waals surface area contributed by atoms with Crippen LogP contribution in [0.5, 0.6) is 11.5 Å². The number of piperidine rings is 1. The second-order valence-electron chi connectivity index (χ2n) is 7.94.